The maximum atomic E-state index is 5.53. The molecule has 0 radical (unpaired) electrons. The molecule has 7 nitrogen and oxygen atoms in total. The molecule has 4 rings (SSSR count). The van der Waals surface area contributed by atoms with Gasteiger partial charge in [0, 0.05) is 6.07 Å². The maximum Gasteiger partial charge on any atom is 0.230 e. The molecule has 0 unspecified atom stereocenters. The van der Waals surface area contributed by atoms with Gasteiger partial charge < -0.3 is 10.1 Å². The summed E-state index contributed by atoms with van der Waals surface area (Å²) >= 11 is 0. The fourth-order valence-corrected chi connectivity index (χ4v) is 3.52. The number of hydrogen-bond acceptors (Lipinski definition) is 7. The predicted octanol–water partition coefficient (Wildman–Crippen LogP) is 6.43. The summed E-state index contributed by atoms with van der Waals surface area (Å²) in [6.45, 7) is 7.86. The Morgan fingerprint density at radius 2 is 1.48 bits per heavy atom. The van der Waals surface area contributed by atoms with Gasteiger partial charge in [-0.3, -0.25) is 0 Å². The van der Waals surface area contributed by atoms with E-state index in [2.05, 4.69) is 68.6 Å². The highest BCUT2D eigenvalue weighted by Crippen LogP contribution is 2.33. The third-order valence-electron chi connectivity index (χ3n) is 4.98. The van der Waals surface area contributed by atoms with Crippen molar-refractivity contribution in [2.45, 2.75) is 27.7 Å². The normalized spacial score (nSPS) is 11.3. The molecule has 156 valence electrons. The number of nitrogens with one attached hydrogen (secondary N) is 1. The minimum absolute atomic E-state index is 0.472. The number of nitrogens with zero attached hydrogens (tertiary/aromatic N) is 5. The molecule has 0 aliphatic heterocycles. The van der Waals surface area contributed by atoms with Crippen molar-refractivity contribution in [3.63, 3.8) is 0 Å². The highest BCUT2D eigenvalue weighted by molar-refractivity contribution is 5.90. The summed E-state index contributed by atoms with van der Waals surface area (Å²) in [7, 11) is 1.61. The van der Waals surface area contributed by atoms with Crippen LogP contribution in [0.1, 0.15) is 22.8 Å². The average molecular weight is 412 g/mol. The quantitative estimate of drug-likeness (QED) is 0.382. The molecular weight excluding hydrogens is 388 g/mol. The van der Waals surface area contributed by atoms with Gasteiger partial charge >= 0.3 is 0 Å². The fourth-order valence-electron chi connectivity index (χ4n) is 3.52. The molecule has 0 saturated carbocycles. The van der Waals surface area contributed by atoms with Crippen LogP contribution < -0.4 is 10.1 Å². The first kappa shape index (κ1) is 20.4. The molecule has 0 amide bonds. The van der Waals surface area contributed by atoms with Gasteiger partial charge in [-0.2, -0.15) is 20.2 Å². The summed E-state index contributed by atoms with van der Waals surface area (Å²) < 4.78 is 5.53. The number of azo groups is 1. The van der Waals surface area contributed by atoms with Crippen molar-refractivity contribution < 1.29 is 4.74 Å². The van der Waals surface area contributed by atoms with Gasteiger partial charge in [-0.15, -0.1) is 0 Å². The molecule has 0 spiro atoms. The van der Waals surface area contributed by atoms with E-state index < -0.39 is 0 Å². The van der Waals surface area contributed by atoms with Gasteiger partial charge in [0.2, 0.25) is 5.95 Å². The van der Waals surface area contributed by atoms with E-state index in [-0.39, 0.29) is 0 Å². The Kier molecular flexibility index (Phi) is 5.58. The third kappa shape index (κ3) is 4.50. The zero-order valence-electron chi connectivity index (χ0n) is 18.3. The zero-order chi connectivity index (χ0) is 22.0. The zero-order valence-corrected chi connectivity index (χ0v) is 18.3. The summed E-state index contributed by atoms with van der Waals surface area (Å²) in [4.78, 5) is 12.8. The van der Waals surface area contributed by atoms with Crippen LogP contribution in [0.25, 0.3) is 10.8 Å². The average Bonchev–Trinajstić information content (AvgIpc) is 2.73. The van der Waals surface area contributed by atoms with Crippen molar-refractivity contribution in [3.05, 3.63) is 71.3 Å². The number of fused-ring (bicyclic) bond motifs is 1. The Morgan fingerprint density at radius 3 is 2.23 bits per heavy atom. The van der Waals surface area contributed by atoms with Crippen molar-refractivity contribution in [1.29, 1.82) is 0 Å². The minimum Gasteiger partial charge on any atom is -0.494 e. The van der Waals surface area contributed by atoms with E-state index in [4.69, 9.17) is 4.74 Å². The number of benzene rings is 3. The molecule has 0 atom stereocenters. The Labute approximate surface area is 181 Å². The second-order valence-electron chi connectivity index (χ2n) is 7.40. The molecule has 3 aromatic carbocycles. The summed E-state index contributed by atoms with van der Waals surface area (Å²) in [5.41, 5.74) is 4.64. The van der Waals surface area contributed by atoms with Gasteiger partial charge in [0.05, 0.1) is 24.2 Å². The molecule has 0 aliphatic carbocycles. The number of ether oxygens (including phenoxy) is 1. The van der Waals surface area contributed by atoms with Crippen molar-refractivity contribution in [3.8, 4) is 5.75 Å². The first-order valence-electron chi connectivity index (χ1n) is 9.99. The topological polar surface area (TPSA) is 84.7 Å². The summed E-state index contributed by atoms with van der Waals surface area (Å²) in [5.74, 6) is 2.40. The summed E-state index contributed by atoms with van der Waals surface area (Å²) in [6, 6.07) is 16.0. The van der Waals surface area contributed by atoms with Crippen LogP contribution in [0.15, 0.2) is 58.8 Å². The van der Waals surface area contributed by atoms with Crippen LogP contribution in [-0.4, -0.2) is 22.1 Å². The van der Waals surface area contributed by atoms with Gasteiger partial charge in [-0.05, 0) is 73.9 Å². The van der Waals surface area contributed by atoms with Gasteiger partial charge in [-0.1, -0.05) is 18.2 Å². The van der Waals surface area contributed by atoms with Gasteiger partial charge in [0.1, 0.15) is 17.4 Å². The lowest BCUT2D eigenvalue weighted by atomic mass is 10.0. The monoisotopic (exact) mass is 412 g/mol. The lowest BCUT2D eigenvalue weighted by Crippen LogP contribution is -2.03. The molecule has 0 fully saturated rings. The number of hydrogen-bond donors (Lipinski definition) is 1. The van der Waals surface area contributed by atoms with E-state index in [0.717, 1.165) is 11.4 Å². The Balaban J connectivity index is 1.61. The van der Waals surface area contributed by atoms with Crippen LogP contribution in [0.3, 0.4) is 0 Å². The van der Waals surface area contributed by atoms with Crippen LogP contribution >= 0.6 is 0 Å². The smallest absolute Gasteiger partial charge is 0.230 e. The lowest BCUT2D eigenvalue weighted by molar-refractivity contribution is 0.417. The van der Waals surface area contributed by atoms with Crippen LogP contribution in [-0.2, 0) is 0 Å². The molecule has 4 aromatic rings. The van der Waals surface area contributed by atoms with Crippen LogP contribution in [0.2, 0.25) is 0 Å². The van der Waals surface area contributed by atoms with Gasteiger partial charge in [0.25, 0.3) is 0 Å². The second-order valence-corrected chi connectivity index (χ2v) is 7.40. The predicted molar refractivity (Wildman–Crippen MR) is 123 cm³/mol. The maximum absolute atomic E-state index is 5.53. The van der Waals surface area contributed by atoms with Gasteiger partial charge in [0.15, 0.2) is 0 Å². The van der Waals surface area contributed by atoms with E-state index in [1.54, 1.807) is 7.11 Å². The Morgan fingerprint density at radius 1 is 0.742 bits per heavy atom. The SMILES string of the molecule is COc1cc(N=Nc2cc(C)c3cccc(C)c3c2)ccc1Nc1nc(C)nc(C)n1. The summed E-state index contributed by atoms with van der Waals surface area (Å²) in [5, 5.41) is 14.5. The van der Waals surface area contributed by atoms with E-state index in [0.29, 0.717) is 29.0 Å². The first-order chi connectivity index (χ1) is 14.9. The molecule has 1 N–H and O–H groups in total. The highest BCUT2D eigenvalue weighted by atomic mass is 16.5. The van der Waals surface area contributed by atoms with Gasteiger partial charge in [-0.25, -0.2) is 4.98 Å². The van der Waals surface area contributed by atoms with Crippen LogP contribution in [0, 0.1) is 27.7 Å². The van der Waals surface area contributed by atoms with Crippen molar-refractivity contribution in [1.82, 2.24) is 15.0 Å². The van der Waals surface area contributed by atoms with E-state index >= 15 is 0 Å². The van der Waals surface area contributed by atoms with Crippen LogP contribution in [0.5, 0.6) is 5.75 Å². The molecule has 0 saturated heterocycles. The van der Waals surface area contributed by atoms with Crippen LogP contribution in [0.4, 0.5) is 23.0 Å². The van der Waals surface area contributed by atoms with E-state index in [1.807, 2.05) is 38.1 Å². The third-order valence-corrected chi connectivity index (χ3v) is 4.98. The number of anilines is 2. The molecular formula is C24H24N6O. The molecule has 0 bridgehead atoms. The Hall–Kier alpha value is -3.87. The molecule has 7 heteroatoms. The molecule has 0 aliphatic rings. The number of aromatic nitrogens is 3. The van der Waals surface area contributed by atoms with Crippen molar-refractivity contribution in [2.75, 3.05) is 12.4 Å². The van der Waals surface area contributed by atoms with Crippen molar-refractivity contribution in [2.24, 2.45) is 10.2 Å². The highest BCUT2D eigenvalue weighted by Gasteiger charge is 2.08. The van der Waals surface area contributed by atoms with E-state index in [9.17, 15) is 0 Å². The fraction of sp³-hybridized carbons (Fsp3) is 0.208. The second kappa shape index (κ2) is 8.47. The standard InChI is InChI=1S/C24H24N6O/c1-14-7-6-8-20-15(2)11-19(12-21(14)20)30-29-18-9-10-22(23(13-18)31-5)28-24-26-16(3)25-17(4)27-24/h6-13H,1-5H3,(H,25,26,27,28). The number of aryl methyl sites for hydroxylation is 4. The minimum atomic E-state index is 0.472. The van der Waals surface area contributed by atoms with E-state index in [1.165, 1.54) is 21.9 Å². The lowest BCUT2D eigenvalue weighted by Gasteiger charge is -2.11. The summed E-state index contributed by atoms with van der Waals surface area (Å²) in [6.07, 6.45) is 0. The van der Waals surface area contributed by atoms with Crippen molar-refractivity contribution >= 4 is 33.8 Å². The number of methoxy groups -OCH3 is 1. The first-order valence-corrected chi connectivity index (χ1v) is 9.99. The Bertz CT molecular complexity index is 1280. The molecule has 31 heavy (non-hydrogen) atoms. The molecule has 1 heterocycles. The molecule has 1 aromatic heterocycles. The largest absolute Gasteiger partial charge is 0.494 e. The number of rotatable bonds is 5.